The van der Waals surface area contributed by atoms with Crippen LogP contribution in [0.2, 0.25) is 0 Å². The van der Waals surface area contributed by atoms with Crippen LogP contribution in [0.5, 0.6) is 0 Å². The number of methoxy groups -OCH3 is 1. The molecule has 84 valence electrons. The molecule has 0 amide bonds. The van der Waals surface area contributed by atoms with Gasteiger partial charge < -0.3 is 10.1 Å². The summed E-state index contributed by atoms with van der Waals surface area (Å²) in [7, 11) is 1.72. The molecule has 0 aliphatic carbocycles. The molecule has 0 atom stereocenters. The number of halogens is 1. The fourth-order valence-electron chi connectivity index (χ4n) is 1.40. The molecule has 0 aliphatic heterocycles. The van der Waals surface area contributed by atoms with Crippen molar-refractivity contribution in [3.8, 4) is 0 Å². The van der Waals surface area contributed by atoms with Crippen LogP contribution in [0, 0.1) is 0 Å². The number of nitrogens with one attached hydrogen (secondary N) is 1. The second-order valence-electron chi connectivity index (χ2n) is 3.44. The van der Waals surface area contributed by atoms with E-state index in [4.69, 9.17) is 4.74 Å². The number of rotatable bonds is 7. The number of aryl methyl sites for hydroxylation is 1. The van der Waals surface area contributed by atoms with E-state index in [1.807, 2.05) is 6.07 Å². The van der Waals surface area contributed by atoms with Gasteiger partial charge in [0.1, 0.15) is 0 Å². The van der Waals surface area contributed by atoms with Gasteiger partial charge in [-0.2, -0.15) is 0 Å². The Morgan fingerprint density at radius 3 is 2.80 bits per heavy atom. The third-order valence-electron chi connectivity index (χ3n) is 2.24. The van der Waals surface area contributed by atoms with Gasteiger partial charge in [-0.25, -0.2) is 0 Å². The molecule has 0 fully saturated rings. The lowest BCUT2D eigenvalue weighted by Gasteiger charge is -2.05. The van der Waals surface area contributed by atoms with Gasteiger partial charge >= 0.3 is 0 Å². The summed E-state index contributed by atoms with van der Waals surface area (Å²) in [6.07, 6.45) is 2.27. The molecule has 0 unspecified atom stereocenters. The van der Waals surface area contributed by atoms with E-state index in [9.17, 15) is 0 Å². The Hall–Kier alpha value is -0.380. The van der Waals surface area contributed by atoms with Crippen molar-refractivity contribution >= 4 is 15.9 Å². The fraction of sp³-hybridized carbons (Fsp3) is 0.500. The lowest BCUT2D eigenvalue weighted by Crippen LogP contribution is -2.20. The minimum Gasteiger partial charge on any atom is -0.383 e. The molecule has 1 aromatic rings. The van der Waals surface area contributed by atoms with Crippen molar-refractivity contribution in [1.29, 1.82) is 0 Å². The predicted molar refractivity (Wildman–Crippen MR) is 67.2 cm³/mol. The van der Waals surface area contributed by atoms with Crippen LogP contribution >= 0.6 is 15.9 Å². The molecule has 1 aromatic carbocycles. The van der Waals surface area contributed by atoms with Crippen LogP contribution in [0.3, 0.4) is 0 Å². The summed E-state index contributed by atoms with van der Waals surface area (Å²) in [5.41, 5.74) is 1.38. The van der Waals surface area contributed by atoms with Crippen molar-refractivity contribution in [2.75, 3.05) is 26.8 Å². The first-order chi connectivity index (χ1) is 7.34. The molecule has 0 spiro atoms. The number of hydrogen-bond donors (Lipinski definition) is 1. The van der Waals surface area contributed by atoms with Gasteiger partial charge in [-0.3, -0.25) is 0 Å². The first kappa shape index (κ1) is 12.7. The molecule has 3 heteroatoms. The minimum absolute atomic E-state index is 0.787. The summed E-state index contributed by atoms with van der Waals surface area (Å²) in [6.45, 7) is 2.77. The molecule has 2 nitrogen and oxygen atoms in total. The number of benzene rings is 1. The highest BCUT2D eigenvalue weighted by Crippen LogP contribution is 2.16. The van der Waals surface area contributed by atoms with Crippen molar-refractivity contribution in [3.05, 3.63) is 34.3 Å². The zero-order valence-electron chi connectivity index (χ0n) is 9.13. The standard InChI is InChI=1S/C12H18BrNO/c1-15-10-9-14-8-4-6-11-5-2-3-7-12(11)13/h2-3,5,7,14H,4,6,8-10H2,1H3. The maximum atomic E-state index is 4.96. The van der Waals surface area contributed by atoms with Gasteiger partial charge in [0.25, 0.3) is 0 Å². The quantitative estimate of drug-likeness (QED) is 0.770. The van der Waals surface area contributed by atoms with Gasteiger partial charge in [0.05, 0.1) is 6.61 Å². The minimum atomic E-state index is 0.787. The SMILES string of the molecule is COCCNCCCc1ccccc1Br. The summed E-state index contributed by atoms with van der Waals surface area (Å²) >= 11 is 3.55. The van der Waals surface area contributed by atoms with E-state index >= 15 is 0 Å². The molecule has 0 radical (unpaired) electrons. The van der Waals surface area contributed by atoms with Crippen molar-refractivity contribution < 1.29 is 4.74 Å². The molecule has 1 N–H and O–H groups in total. The van der Waals surface area contributed by atoms with Gasteiger partial charge in [0, 0.05) is 18.1 Å². The van der Waals surface area contributed by atoms with Crippen LogP contribution in [0.25, 0.3) is 0 Å². The van der Waals surface area contributed by atoms with E-state index in [2.05, 4.69) is 39.4 Å². The first-order valence-electron chi connectivity index (χ1n) is 5.27. The highest BCUT2D eigenvalue weighted by molar-refractivity contribution is 9.10. The van der Waals surface area contributed by atoms with Crippen LogP contribution in [-0.4, -0.2) is 26.8 Å². The van der Waals surface area contributed by atoms with Gasteiger partial charge in [0.2, 0.25) is 0 Å². The third-order valence-corrected chi connectivity index (χ3v) is 3.01. The Balaban J connectivity index is 2.12. The Labute approximate surface area is 100 Å². The summed E-state index contributed by atoms with van der Waals surface area (Å²) in [4.78, 5) is 0. The molecular weight excluding hydrogens is 254 g/mol. The lowest BCUT2D eigenvalue weighted by molar-refractivity contribution is 0.199. The molecule has 0 saturated carbocycles. The van der Waals surface area contributed by atoms with Crippen molar-refractivity contribution in [2.45, 2.75) is 12.8 Å². The smallest absolute Gasteiger partial charge is 0.0587 e. The molecule has 0 bridgehead atoms. The first-order valence-corrected chi connectivity index (χ1v) is 6.07. The van der Waals surface area contributed by atoms with E-state index in [-0.39, 0.29) is 0 Å². The van der Waals surface area contributed by atoms with Crippen molar-refractivity contribution in [2.24, 2.45) is 0 Å². The normalized spacial score (nSPS) is 10.5. The molecule has 0 heterocycles. The van der Waals surface area contributed by atoms with Crippen LogP contribution in [0.1, 0.15) is 12.0 Å². The Kier molecular flexibility index (Phi) is 6.64. The maximum Gasteiger partial charge on any atom is 0.0587 e. The zero-order chi connectivity index (χ0) is 10.9. The average molecular weight is 272 g/mol. The van der Waals surface area contributed by atoms with Gasteiger partial charge in [-0.1, -0.05) is 34.1 Å². The van der Waals surface area contributed by atoms with Crippen molar-refractivity contribution in [3.63, 3.8) is 0 Å². The van der Waals surface area contributed by atoms with Gasteiger partial charge in [-0.15, -0.1) is 0 Å². The summed E-state index contributed by atoms with van der Waals surface area (Å²) in [6, 6.07) is 8.38. The molecular formula is C12H18BrNO. The highest BCUT2D eigenvalue weighted by Gasteiger charge is 1.97. The van der Waals surface area contributed by atoms with Crippen LogP contribution in [-0.2, 0) is 11.2 Å². The Morgan fingerprint density at radius 2 is 2.07 bits per heavy atom. The average Bonchev–Trinajstić information content (AvgIpc) is 2.25. The second kappa shape index (κ2) is 7.85. The van der Waals surface area contributed by atoms with E-state index in [0.717, 1.165) is 32.5 Å². The molecule has 0 aromatic heterocycles. The number of hydrogen-bond acceptors (Lipinski definition) is 2. The molecule has 0 saturated heterocycles. The predicted octanol–water partition coefficient (Wildman–Crippen LogP) is 2.62. The summed E-state index contributed by atoms with van der Waals surface area (Å²) < 4.78 is 6.17. The van der Waals surface area contributed by atoms with Crippen LogP contribution in [0.4, 0.5) is 0 Å². The van der Waals surface area contributed by atoms with E-state index in [1.54, 1.807) is 7.11 Å². The van der Waals surface area contributed by atoms with Crippen molar-refractivity contribution in [1.82, 2.24) is 5.32 Å². The zero-order valence-corrected chi connectivity index (χ0v) is 10.7. The Morgan fingerprint density at radius 1 is 1.27 bits per heavy atom. The monoisotopic (exact) mass is 271 g/mol. The largest absolute Gasteiger partial charge is 0.383 e. The van der Waals surface area contributed by atoms with E-state index in [0.29, 0.717) is 0 Å². The van der Waals surface area contributed by atoms with Crippen LogP contribution < -0.4 is 5.32 Å². The van der Waals surface area contributed by atoms with Gasteiger partial charge in [0.15, 0.2) is 0 Å². The highest BCUT2D eigenvalue weighted by atomic mass is 79.9. The van der Waals surface area contributed by atoms with E-state index < -0.39 is 0 Å². The topological polar surface area (TPSA) is 21.3 Å². The third kappa shape index (κ3) is 5.30. The number of ether oxygens (including phenoxy) is 1. The molecule has 15 heavy (non-hydrogen) atoms. The lowest BCUT2D eigenvalue weighted by atomic mass is 10.1. The summed E-state index contributed by atoms with van der Waals surface area (Å²) in [5, 5.41) is 3.34. The fourth-order valence-corrected chi connectivity index (χ4v) is 1.89. The van der Waals surface area contributed by atoms with E-state index in [1.165, 1.54) is 10.0 Å². The maximum absolute atomic E-state index is 4.96. The summed E-state index contributed by atoms with van der Waals surface area (Å²) in [5.74, 6) is 0. The molecule has 1 rings (SSSR count). The van der Waals surface area contributed by atoms with Crippen LogP contribution in [0.15, 0.2) is 28.7 Å². The molecule has 0 aliphatic rings. The van der Waals surface area contributed by atoms with Gasteiger partial charge in [-0.05, 0) is 31.0 Å². The second-order valence-corrected chi connectivity index (χ2v) is 4.29. The Bertz CT molecular complexity index is 278.